The molecule has 2 rings (SSSR count). The Kier molecular flexibility index (Phi) is 3.20. The smallest absolute Gasteiger partial charge is 0.121 e. The first kappa shape index (κ1) is 11.7. The number of hydrogen-bond donors (Lipinski definition) is 2. The molecule has 90 valence electrons. The van der Waals surface area contributed by atoms with Crippen LogP contribution in [0.2, 0.25) is 0 Å². The number of nitrogens with zero attached hydrogens (tertiary/aromatic N) is 1. The van der Waals surface area contributed by atoms with E-state index < -0.39 is 0 Å². The highest BCUT2D eigenvalue weighted by Crippen LogP contribution is 2.30. The van der Waals surface area contributed by atoms with Crippen molar-refractivity contribution in [2.24, 2.45) is 0 Å². The Morgan fingerprint density at radius 3 is 2.47 bits per heavy atom. The van der Waals surface area contributed by atoms with Gasteiger partial charge in [-0.15, -0.1) is 0 Å². The number of aromatic nitrogens is 1. The van der Waals surface area contributed by atoms with Crippen molar-refractivity contribution in [3.8, 4) is 11.4 Å². The zero-order chi connectivity index (χ0) is 12.4. The molecule has 17 heavy (non-hydrogen) atoms. The Bertz CT molecular complexity index is 503. The molecule has 3 heteroatoms. The lowest BCUT2D eigenvalue weighted by atomic mass is 9.98. The molecule has 1 heterocycles. The Balaban J connectivity index is 2.49. The fraction of sp³-hybridized carbons (Fsp3) is 0.286. The van der Waals surface area contributed by atoms with E-state index in [1.54, 1.807) is 6.07 Å². The fourth-order valence-corrected chi connectivity index (χ4v) is 1.97. The third-order valence-electron chi connectivity index (χ3n) is 3.03. The van der Waals surface area contributed by atoms with Crippen LogP contribution in [-0.4, -0.2) is 21.4 Å². The molecule has 0 bridgehead atoms. The van der Waals surface area contributed by atoms with Crippen molar-refractivity contribution in [3.05, 3.63) is 47.8 Å². The molecule has 1 aromatic heterocycles. The van der Waals surface area contributed by atoms with Crippen molar-refractivity contribution >= 4 is 0 Å². The summed E-state index contributed by atoms with van der Waals surface area (Å²) in [5.74, 6) is 0.188. The van der Waals surface area contributed by atoms with E-state index in [1.165, 1.54) is 0 Å². The first-order valence-electron chi connectivity index (χ1n) is 5.71. The van der Waals surface area contributed by atoms with E-state index >= 15 is 0 Å². The zero-order valence-corrected chi connectivity index (χ0v) is 10.1. The number of aliphatic hydroxyl groups is 1. The number of phenols is 1. The minimum atomic E-state index is -0.0487. The minimum absolute atomic E-state index is 0.0376. The highest BCUT2D eigenvalue weighted by Gasteiger charge is 2.12. The van der Waals surface area contributed by atoms with Crippen LogP contribution in [0.4, 0.5) is 0 Å². The molecule has 0 aliphatic carbocycles. The Morgan fingerprint density at radius 2 is 1.88 bits per heavy atom. The molecule has 1 atom stereocenters. The monoisotopic (exact) mass is 231 g/mol. The number of hydrogen-bond acceptors (Lipinski definition) is 2. The standard InChI is InChI=1S/C14H17NO2/c1-10-7-12(11(2)9-16)14(17)8-13(10)15-5-3-4-6-15/h3-8,11,16-17H,9H2,1-2H3. The van der Waals surface area contributed by atoms with Crippen molar-refractivity contribution in [2.45, 2.75) is 19.8 Å². The van der Waals surface area contributed by atoms with Gasteiger partial charge in [-0.25, -0.2) is 0 Å². The van der Waals surface area contributed by atoms with E-state index in [4.69, 9.17) is 5.11 Å². The van der Waals surface area contributed by atoms with Crippen LogP contribution in [0.5, 0.6) is 5.75 Å². The van der Waals surface area contributed by atoms with Crippen LogP contribution in [0, 0.1) is 6.92 Å². The van der Waals surface area contributed by atoms with Crippen molar-refractivity contribution in [2.75, 3.05) is 6.61 Å². The van der Waals surface area contributed by atoms with Gasteiger partial charge in [0.05, 0.1) is 5.69 Å². The summed E-state index contributed by atoms with van der Waals surface area (Å²) < 4.78 is 1.96. The van der Waals surface area contributed by atoms with E-state index in [1.807, 2.05) is 49.0 Å². The summed E-state index contributed by atoms with van der Waals surface area (Å²) in [6.07, 6.45) is 3.88. The van der Waals surface area contributed by atoms with Gasteiger partial charge in [0.25, 0.3) is 0 Å². The lowest BCUT2D eigenvalue weighted by Crippen LogP contribution is -2.02. The molecule has 0 fully saturated rings. The number of benzene rings is 1. The van der Waals surface area contributed by atoms with Gasteiger partial charge in [0, 0.05) is 31.0 Å². The van der Waals surface area contributed by atoms with Crippen molar-refractivity contribution < 1.29 is 10.2 Å². The van der Waals surface area contributed by atoms with Gasteiger partial charge in [-0.3, -0.25) is 0 Å². The van der Waals surface area contributed by atoms with E-state index in [9.17, 15) is 5.11 Å². The van der Waals surface area contributed by atoms with Gasteiger partial charge in [-0.2, -0.15) is 0 Å². The minimum Gasteiger partial charge on any atom is -0.508 e. The molecule has 3 nitrogen and oxygen atoms in total. The summed E-state index contributed by atoms with van der Waals surface area (Å²) in [7, 11) is 0. The summed E-state index contributed by atoms with van der Waals surface area (Å²) in [6.45, 7) is 3.93. The second-order valence-electron chi connectivity index (χ2n) is 4.37. The van der Waals surface area contributed by atoms with Crippen LogP contribution in [0.3, 0.4) is 0 Å². The lowest BCUT2D eigenvalue weighted by Gasteiger charge is -2.15. The Labute approximate surface area is 101 Å². The van der Waals surface area contributed by atoms with Crippen LogP contribution in [0.15, 0.2) is 36.7 Å². The largest absolute Gasteiger partial charge is 0.508 e. The number of aromatic hydroxyl groups is 1. The topological polar surface area (TPSA) is 45.4 Å². The van der Waals surface area contributed by atoms with Crippen LogP contribution >= 0.6 is 0 Å². The highest BCUT2D eigenvalue weighted by atomic mass is 16.3. The van der Waals surface area contributed by atoms with Crippen LogP contribution in [-0.2, 0) is 0 Å². The van der Waals surface area contributed by atoms with Gasteiger partial charge in [0.2, 0.25) is 0 Å². The Morgan fingerprint density at radius 1 is 1.24 bits per heavy atom. The first-order valence-corrected chi connectivity index (χ1v) is 5.71. The molecule has 1 aromatic carbocycles. The predicted molar refractivity (Wildman–Crippen MR) is 67.7 cm³/mol. The summed E-state index contributed by atoms with van der Waals surface area (Å²) >= 11 is 0. The number of phenolic OH excluding ortho intramolecular Hbond substituents is 1. The first-order chi connectivity index (χ1) is 8.13. The molecule has 0 aliphatic heterocycles. The maximum absolute atomic E-state index is 9.99. The maximum Gasteiger partial charge on any atom is 0.121 e. The Hall–Kier alpha value is -1.74. The molecular formula is C14H17NO2. The molecule has 1 unspecified atom stereocenters. The summed E-state index contributed by atoms with van der Waals surface area (Å²) in [5, 5.41) is 19.1. The number of aryl methyl sites for hydroxylation is 1. The SMILES string of the molecule is Cc1cc(C(C)CO)c(O)cc1-n1cccc1. The molecule has 0 aliphatic rings. The van der Waals surface area contributed by atoms with Gasteiger partial charge in [0.1, 0.15) is 5.75 Å². The number of aliphatic hydroxyl groups excluding tert-OH is 1. The molecule has 0 radical (unpaired) electrons. The average molecular weight is 231 g/mol. The molecule has 0 saturated heterocycles. The van der Waals surface area contributed by atoms with Gasteiger partial charge in [-0.1, -0.05) is 6.92 Å². The third-order valence-corrected chi connectivity index (χ3v) is 3.03. The summed E-state index contributed by atoms with van der Waals surface area (Å²) in [4.78, 5) is 0. The van der Waals surface area contributed by atoms with Crippen LogP contribution in [0.1, 0.15) is 24.0 Å². The van der Waals surface area contributed by atoms with E-state index in [0.29, 0.717) is 0 Å². The van der Waals surface area contributed by atoms with Gasteiger partial charge in [-0.05, 0) is 36.2 Å². The zero-order valence-electron chi connectivity index (χ0n) is 10.1. The van der Waals surface area contributed by atoms with E-state index in [0.717, 1.165) is 16.8 Å². The second kappa shape index (κ2) is 4.63. The molecule has 0 amide bonds. The predicted octanol–water partition coefficient (Wildman–Crippen LogP) is 2.59. The van der Waals surface area contributed by atoms with Crippen LogP contribution in [0.25, 0.3) is 5.69 Å². The lowest BCUT2D eigenvalue weighted by molar-refractivity contribution is 0.270. The molecule has 0 spiro atoms. The maximum atomic E-state index is 9.99. The molecule has 0 saturated carbocycles. The summed E-state index contributed by atoms with van der Waals surface area (Å²) in [6, 6.07) is 7.57. The van der Waals surface area contributed by atoms with E-state index in [2.05, 4.69) is 0 Å². The quantitative estimate of drug-likeness (QED) is 0.852. The summed E-state index contributed by atoms with van der Waals surface area (Å²) in [5.41, 5.74) is 2.83. The third kappa shape index (κ3) is 2.19. The molecule has 2 N–H and O–H groups in total. The van der Waals surface area contributed by atoms with Crippen molar-refractivity contribution in [1.29, 1.82) is 0 Å². The van der Waals surface area contributed by atoms with Crippen molar-refractivity contribution in [1.82, 2.24) is 4.57 Å². The van der Waals surface area contributed by atoms with Crippen molar-refractivity contribution in [3.63, 3.8) is 0 Å². The highest BCUT2D eigenvalue weighted by molar-refractivity contribution is 5.51. The van der Waals surface area contributed by atoms with Gasteiger partial charge < -0.3 is 14.8 Å². The normalized spacial score (nSPS) is 12.6. The molecular weight excluding hydrogens is 214 g/mol. The van der Waals surface area contributed by atoms with Gasteiger partial charge in [0.15, 0.2) is 0 Å². The average Bonchev–Trinajstić information content (AvgIpc) is 2.84. The number of rotatable bonds is 3. The second-order valence-corrected chi connectivity index (χ2v) is 4.37. The van der Waals surface area contributed by atoms with Crippen LogP contribution < -0.4 is 0 Å². The van der Waals surface area contributed by atoms with Gasteiger partial charge >= 0.3 is 0 Å². The fourth-order valence-electron chi connectivity index (χ4n) is 1.97. The molecule has 2 aromatic rings. The van der Waals surface area contributed by atoms with E-state index in [-0.39, 0.29) is 18.3 Å².